The van der Waals surface area contributed by atoms with Crippen molar-refractivity contribution >= 4 is 32.7 Å². The Bertz CT molecular complexity index is 1050. The molecule has 0 unspecified atom stereocenters. The van der Waals surface area contributed by atoms with Gasteiger partial charge in [-0.2, -0.15) is 0 Å². The number of hydrogen-bond donors (Lipinski definition) is 0. The summed E-state index contributed by atoms with van der Waals surface area (Å²) in [5.74, 6) is -1.11. The number of rotatable bonds is 9. The Hall–Kier alpha value is -2.77. The standard InChI is InChI=1S/C28H37NO5Si/c1-20-8-10-21(11-9-20)18-32-25(30)28(16-24(17-28)34-35(6,7)27(2,3)4)26(31)33-19-22-12-14-23(29-5)15-13-22/h8-15,24H,5,16-19H2,1-4,6-7H3. The zero-order valence-electron chi connectivity index (χ0n) is 21.7. The predicted molar refractivity (Wildman–Crippen MR) is 140 cm³/mol. The van der Waals surface area contributed by atoms with Gasteiger partial charge in [0.2, 0.25) is 0 Å². The summed E-state index contributed by atoms with van der Waals surface area (Å²) in [7, 11) is -2.04. The largest absolute Gasteiger partial charge is 0.460 e. The highest BCUT2D eigenvalue weighted by Crippen LogP contribution is 2.49. The minimum Gasteiger partial charge on any atom is -0.460 e. The first kappa shape index (κ1) is 26.8. The summed E-state index contributed by atoms with van der Waals surface area (Å²) in [5, 5.41) is 0.0319. The molecule has 188 valence electrons. The van der Waals surface area contributed by atoms with Gasteiger partial charge in [-0.3, -0.25) is 14.6 Å². The molecule has 7 heteroatoms. The summed E-state index contributed by atoms with van der Waals surface area (Å²) < 4.78 is 17.7. The maximum absolute atomic E-state index is 13.3. The highest BCUT2D eigenvalue weighted by atomic mass is 28.4. The quantitative estimate of drug-likeness (QED) is 0.177. The van der Waals surface area contributed by atoms with Crippen LogP contribution in [-0.4, -0.2) is 33.1 Å². The zero-order chi connectivity index (χ0) is 25.9. The SMILES string of the molecule is C=Nc1ccc(COC(=O)C2(C(=O)OCc3ccc(C)cc3)CC(O[Si](C)(C)C(C)(C)C)C2)cc1. The van der Waals surface area contributed by atoms with E-state index in [0.717, 1.165) is 22.4 Å². The van der Waals surface area contributed by atoms with Crippen LogP contribution in [0.15, 0.2) is 53.5 Å². The molecule has 2 aromatic rings. The Labute approximate surface area is 209 Å². The van der Waals surface area contributed by atoms with Crippen LogP contribution in [0.4, 0.5) is 5.69 Å². The molecule has 3 rings (SSSR count). The first-order chi connectivity index (χ1) is 16.4. The van der Waals surface area contributed by atoms with Crippen LogP contribution in [0.1, 0.15) is 50.3 Å². The van der Waals surface area contributed by atoms with Gasteiger partial charge in [0.1, 0.15) is 13.2 Å². The molecule has 0 amide bonds. The third-order valence-corrected chi connectivity index (χ3v) is 11.7. The summed E-state index contributed by atoms with van der Waals surface area (Å²) in [6, 6.07) is 15.0. The van der Waals surface area contributed by atoms with E-state index in [2.05, 4.69) is 45.6 Å². The molecule has 1 fully saturated rings. The van der Waals surface area contributed by atoms with Gasteiger partial charge < -0.3 is 13.9 Å². The molecule has 0 radical (unpaired) electrons. The maximum Gasteiger partial charge on any atom is 0.324 e. The highest BCUT2D eigenvalue weighted by molar-refractivity contribution is 6.74. The van der Waals surface area contributed by atoms with Crippen LogP contribution in [-0.2, 0) is 36.7 Å². The lowest BCUT2D eigenvalue weighted by molar-refractivity contribution is -0.189. The monoisotopic (exact) mass is 495 g/mol. The van der Waals surface area contributed by atoms with E-state index in [9.17, 15) is 9.59 Å². The average molecular weight is 496 g/mol. The number of hydrogen-bond acceptors (Lipinski definition) is 6. The maximum atomic E-state index is 13.3. The summed E-state index contributed by atoms with van der Waals surface area (Å²) in [5.41, 5.74) is 2.20. The predicted octanol–water partition coefficient (Wildman–Crippen LogP) is 6.28. The molecule has 0 heterocycles. The lowest BCUT2D eigenvalue weighted by Gasteiger charge is -2.48. The molecule has 35 heavy (non-hydrogen) atoms. The van der Waals surface area contributed by atoms with Gasteiger partial charge >= 0.3 is 11.9 Å². The Morgan fingerprint density at radius 2 is 1.40 bits per heavy atom. The third kappa shape index (κ3) is 6.27. The zero-order valence-corrected chi connectivity index (χ0v) is 22.7. The minimum absolute atomic E-state index is 0.0319. The number of esters is 2. The van der Waals surface area contributed by atoms with Gasteiger partial charge in [0.15, 0.2) is 13.7 Å². The van der Waals surface area contributed by atoms with E-state index in [0.29, 0.717) is 0 Å². The molecule has 1 aliphatic carbocycles. The van der Waals surface area contributed by atoms with E-state index in [4.69, 9.17) is 13.9 Å². The van der Waals surface area contributed by atoms with Crippen LogP contribution in [0.3, 0.4) is 0 Å². The summed E-state index contributed by atoms with van der Waals surface area (Å²) in [6.07, 6.45) is 0.364. The van der Waals surface area contributed by atoms with E-state index < -0.39 is 25.7 Å². The number of aryl methyl sites for hydroxylation is 1. The number of carbonyl (C=O) groups excluding carboxylic acids is 2. The molecule has 0 atom stereocenters. The number of ether oxygens (including phenoxy) is 2. The van der Waals surface area contributed by atoms with Crippen LogP contribution in [0.25, 0.3) is 0 Å². The minimum atomic E-state index is -2.04. The number of benzene rings is 2. The number of carbonyl (C=O) groups is 2. The molecular formula is C28H37NO5Si. The molecule has 0 spiro atoms. The average Bonchev–Trinajstić information content (AvgIpc) is 2.78. The molecular weight excluding hydrogens is 458 g/mol. The summed E-state index contributed by atoms with van der Waals surface area (Å²) in [6.45, 7) is 16.5. The van der Waals surface area contributed by atoms with Crippen molar-refractivity contribution < 1.29 is 23.5 Å². The van der Waals surface area contributed by atoms with Crippen molar-refractivity contribution in [1.82, 2.24) is 0 Å². The fourth-order valence-electron chi connectivity index (χ4n) is 3.77. The van der Waals surface area contributed by atoms with Crippen LogP contribution >= 0.6 is 0 Å². The van der Waals surface area contributed by atoms with Crippen molar-refractivity contribution in [1.29, 1.82) is 0 Å². The molecule has 0 bridgehead atoms. The fraction of sp³-hybridized carbons (Fsp3) is 0.464. The van der Waals surface area contributed by atoms with Crippen LogP contribution in [0, 0.1) is 12.3 Å². The lowest BCUT2D eigenvalue weighted by atomic mass is 9.66. The van der Waals surface area contributed by atoms with Crippen molar-refractivity contribution in [3.05, 3.63) is 65.2 Å². The van der Waals surface area contributed by atoms with Gasteiger partial charge in [0.25, 0.3) is 0 Å². The van der Waals surface area contributed by atoms with E-state index in [-0.39, 0.29) is 37.2 Å². The molecule has 0 aromatic heterocycles. The van der Waals surface area contributed by atoms with E-state index >= 15 is 0 Å². The summed E-state index contributed by atoms with van der Waals surface area (Å²) >= 11 is 0. The second-order valence-electron chi connectivity index (χ2n) is 11.0. The van der Waals surface area contributed by atoms with Crippen molar-refractivity contribution in [3.63, 3.8) is 0 Å². The van der Waals surface area contributed by atoms with Gasteiger partial charge in [0.05, 0.1) is 5.69 Å². The van der Waals surface area contributed by atoms with E-state index in [1.165, 1.54) is 0 Å². The summed E-state index contributed by atoms with van der Waals surface area (Å²) in [4.78, 5) is 30.4. The molecule has 0 aliphatic heterocycles. The van der Waals surface area contributed by atoms with E-state index in [1.807, 2.05) is 43.3 Å². The van der Waals surface area contributed by atoms with Gasteiger partial charge in [-0.05, 0) is 67.9 Å². The van der Waals surface area contributed by atoms with Crippen molar-refractivity contribution in [2.45, 2.75) is 78.0 Å². The fourth-order valence-corrected chi connectivity index (χ4v) is 5.12. The van der Waals surface area contributed by atoms with Gasteiger partial charge in [-0.25, -0.2) is 0 Å². The Kier molecular flexibility index (Phi) is 8.02. The molecule has 1 saturated carbocycles. The topological polar surface area (TPSA) is 74.2 Å². The first-order valence-electron chi connectivity index (χ1n) is 12.0. The van der Waals surface area contributed by atoms with Crippen LogP contribution < -0.4 is 0 Å². The Morgan fingerprint density at radius 3 is 1.83 bits per heavy atom. The lowest BCUT2D eigenvalue weighted by Crippen LogP contribution is -2.58. The molecule has 6 nitrogen and oxygen atoms in total. The molecule has 1 aliphatic rings. The highest BCUT2D eigenvalue weighted by Gasteiger charge is 2.60. The van der Waals surface area contributed by atoms with Crippen molar-refractivity contribution in [3.8, 4) is 0 Å². The second kappa shape index (κ2) is 10.5. The third-order valence-electron chi connectivity index (χ3n) is 7.18. The van der Waals surface area contributed by atoms with E-state index in [1.54, 1.807) is 12.1 Å². The molecule has 2 aromatic carbocycles. The normalized spacial score (nSPS) is 20.0. The molecule has 0 N–H and O–H groups in total. The van der Waals surface area contributed by atoms with Crippen LogP contribution in [0.2, 0.25) is 18.1 Å². The van der Waals surface area contributed by atoms with Crippen LogP contribution in [0.5, 0.6) is 0 Å². The smallest absolute Gasteiger partial charge is 0.324 e. The Balaban J connectivity index is 1.70. The second-order valence-corrected chi connectivity index (χ2v) is 15.7. The van der Waals surface area contributed by atoms with Gasteiger partial charge in [0, 0.05) is 6.10 Å². The Morgan fingerprint density at radius 1 is 0.943 bits per heavy atom. The van der Waals surface area contributed by atoms with Crippen molar-refractivity contribution in [2.24, 2.45) is 10.4 Å². The van der Waals surface area contributed by atoms with Crippen molar-refractivity contribution in [2.75, 3.05) is 0 Å². The van der Waals surface area contributed by atoms with Gasteiger partial charge in [-0.15, -0.1) is 0 Å². The number of aliphatic imine (C=N–C) groups is 1. The first-order valence-corrected chi connectivity index (χ1v) is 14.9. The van der Waals surface area contributed by atoms with Gasteiger partial charge in [-0.1, -0.05) is 62.7 Å². The molecule has 0 saturated heterocycles. The number of nitrogens with zero attached hydrogens (tertiary/aromatic N) is 1.